The fourth-order valence-corrected chi connectivity index (χ4v) is 4.94. The third-order valence-corrected chi connectivity index (χ3v) is 6.78. The second kappa shape index (κ2) is 12.1. The van der Waals surface area contributed by atoms with Crippen LogP contribution in [0.1, 0.15) is 30.5 Å². The number of benzene rings is 3. The van der Waals surface area contributed by atoms with Gasteiger partial charge in [0, 0.05) is 6.54 Å². The van der Waals surface area contributed by atoms with Gasteiger partial charge in [-0.3, -0.25) is 4.90 Å². The number of carbonyl (C=O) groups is 2. The number of hydrogen-bond acceptors (Lipinski definition) is 7. The van der Waals surface area contributed by atoms with Crippen LogP contribution in [0.3, 0.4) is 0 Å². The minimum Gasteiger partial charge on any atom is -0.445 e. The second-order valence-electron chi connectivity index (χ2n) is 10.1. The maximum atomic E-state index is 13.5. The van der Waals surface area contributed by atoms with Crippen molar-refractivity contribution in [3.63, 3.8) is 0 Å². The summed E-state index contributed by atoms with van der Waals surface area (Å²) in [4.78, 5) is 27.6. The van der Waals surface area contributed by atoms with E-state index in [1.54, 1.807) is 13.8 Å². The van der Waals surface area contributed by atoms with Crippen molar-refractivity contribution in [2.75, 3.05) is 0 Å². The van der Waals surface area contributed by atoms with Crippen molar-refractivity contribution in [1.29, 1.82) is 0 Å². The lowest BCUT2D eigenvalue weighted by molar-refractivity contribution is -0.224. The van der Waals surface area contributed by atoms with E-state index in [4.69, 9.17) is 23.7 Å². The molecule has 39 heavy (non-hydrogen) atoms. The molecule has 8 heteroatoms. The summed E-state index contributed by atoms with van der Waals surface area (Å²) < 4.78 is 30.4. The monoisotopic (exact) mass is 531 g/mol. The molecule has 0 N–H and O–H groups in total. The highest BCUT2D eigenvalue weighted by Gasteiger charge is 2.58. The molecule has 0 bridgehead atoms. The highest BCUT2D eigenvalue weighted by Crippen LogP contribution is 2.40. The van der Waals surface area contributed by atoms with Gasteiger partial charge in [0.05, 0.1) is 6.61 Å². The smallest absolute Gasteiger partial charge is 0.411 e. The molecule has 0 radical (unpaired) electrons. The Morgan fingerprint density at radius 1 is 0.872 bits per heavy atom. The van der Waals surface area contributed by atoms with Crippen LogP contribution >= 0.6 is 0 Å². The van der Waals surface area contributed by atoms with Crippen LogP contribution in [-0.2, 0) is 48.2 Å². The quantitative estimate of drug-likeness (QED) is 0.346. The third kappa shape index (κ3) is 6.54. The van der Waals surface area contributed by atoms with Gasteiger partial charge in [-0.05, 0) is 30.5 Å². The van der Waals surface area contributed by atoms with Gasteiger partial charge >= 0.3 is 6.09 Å². The number of hydrogen-bond donors (Lipinski definition) is 0. The average Bonchev–Trinajstić information content (AvgIpc) is 3.43. The molecule has 5 rings (SSSR count). The predicted molar refractivity (Wildman–Crippen MR) is 142 cm³/mol. The first-order chi connectivity index (χ1) is 18.9. The van der Waals surface area contributed by atoms with Gasteiger partial charge in [-0.1, -0.05) is 91.0 Å². The van der Waals surface area contributed by atoms with Crippen LogP contribution in [0.5, 0.6) is 0 Å². The molecule has 0 aromatic heterocycles. The first-order valence-corrected chi connectivity index (χ1v) is 13.1. The van der Waals surface area contributed by atoms with Gasteiger partial charge in [-0.15, -0.1) is 0 Å². The van der Waals surface area contributed by atoms with Crippen molar-refractivity contribution in [3.8, 4) is 0 Å². The van der Waals surface area contributed by atoms with Gasteiger partial charge in [-0.2, -0.15) is 0 Å². The Balaban J connectivity index is 1.40. The minimum atomic E-state index is -1.02. The fourth-order valence-electron chi connectivity index (χ4n) is 4.94. The molecule has 5 atom stereocenters. The molecule has 2 saturated heterocycles. The summed E-state index contributed by atoms with van der Waals surface area (Å²) in [5.41, 5.74) is 2.64. The molecule has 0 spiro atoms. The van der Waals surface area contributed by atoms with E-state index >= 15 is 0 Å². The van der Waals surface area contributed by atoms with E-state index in [0.29, 0.717) is 6.29 Å². The van der Waals surface area contributed by atoms with Gasteiger partial charge in [0.25, 0.3) is 0 Å². The zero-order valence-electron chi connectivity index (χ0n) is 22.1. The number of ether oxygens (including phenoxy) is 5. The summed E-state index contributed by atoms with van der Waals surface area (Å²) in [6.07, 6.45) is -2.76. The lowest BCUT2D eigenvalue weighted by Crippen LogP contribution is -2.53. The Bertz CT molecular complexity index is 1220. The van der Waals surface area contributed by atoms with Crippen LogP contribution in [0.25, 0.3) is 0 Å². The lowest BCUT2D eigenvalue weighted by Gasteiger charge is -2.34. The van der Waals surface area contributed by atoms with E-state index in [2.05, 4.69) is 0 Å². The highest BCUT2D eigenvalue weighted by molar-refractivity contribution is 5.74. The third-order valence-electron chi connectivity index (χ3n) is 6.78. The van der Waals surface area contributed by atoms with Crippen molar-refractivity contribution < 1.29 is 33.3 Å². The molecule has 8 nitrogen and oxygen atoms in total. The molecule has 2 aliphatic heterocycles. The summed E-state index contributed by atoms with van der Waals surface area (Å²) in [6.45, 7) is 4.10. The maximum absolute atomic E-state index is 13.5. The normalized spacial score (nSPS) is 24.1. The van der Waals surface area contributed by atoms with Crippen molar-refractivity contribution in [3.05, 3.63) is 108 Å². The molecule has 3 aromatic rings. The van der Waals surface area contributed by atoms with Gasteiger partial charge in [0.1, 0.15) is 37.2 Å². The fraction of sp³-hybridized carbons (Fsp3) is 0.355. The highest BCUT2D eigenvalue weighted by atomic mass is 16.8. The summed E-state index contributed by atoms with van der Waals surface area (Å²) in [5, 5.41) is 0. The van der Waals surface area contributed by atoms with Crippen LogP contribution in [0.2, 0.25) is 0 Å². The molecule has 2 fully saturated rings. The number of nitrogens with zero attached hydrogens (tertiary/aromatic N) is 1. The summed E-state index contributed by atoms with van der Waals surface area (Å²) >= 11 is 0. The van der Waals surface area contributed by atoms with Gasteiger partial charge < -0.3 is 28.5 Å². The van der Waals surface area contributed by atoms with Crippen molar-refractivity contribution in [2.24, 2.45) is 0 Å². The Hall–Kier alpha value is -3.56. The molecule has 0 unspecified atom stereocenters. The summed E-state index contributed by atoms with van der Waals surface area (Å²) in [5.74, 6) is -0.871. The van der Waals surface area contributed by atoms with Crippen molar-refractivity contribution >= 4 is 12.4 Å². The average molecular weight is 532 g/mol. The molecule has 2 aliphatic rings. The molecule has 1 amide bonds. The Morgan fingerprint density at radius 2 is 1.44 bits per heavy atom. The predicted octanol–water partition coefficient (Wildman–Crippen LogP) is 4.85. The SMILES string of the molecule is CC1(C)O[C@H]2O[C@H]([C@H](C=O)N(Cc3ccccc3)C(=O)OCc3ccccc3)[C@H](OCc3ccccc3)[C@H]2O1. The number of carbonyl (C=O) groups excluding carboxylic acids is 2. The first-order valence-electron chi connectivity index (χ1n) is 13.1. The van der Waals surface area contributed by atoms with Crippen LogP contribution in [0.15, 0.2) is 91.0 Å². The molecule has 0 aliphatic carbocycles. The van der Waals surface area contributed by atoms with E-state index < -0.39 is 42.5 Å². The van der Waals surface area contributed by atoms with Gasteiger partial charge in [0.15, 0.2) is 12.1 Å². The minimum absolute atomic E-state index is 0.0711. The zero-order chi connectivity index (χ0) is 27.2. The Morgan fingerprint density at radius 3 is 2.03 bits per heavy atom. The topological polar surface area (TPSA) is 83.5 Å². The van der Waals surface area contributed by atoms with Gasteiger partial charge in [-0.25, -0.2) is 4.79 Å². The molecular formula is C31H33NO7. The standard InChI is InChI=1S/C31H33NO7/c1-31(2)38-28-27(35-20-23-14-8-4-9-15-23)26(37-29(28)39-31)25(19-33)32(18-22-12-6-3-7-13-22)30(34)36-21-24-16-10-5-11-17-24/h3-17,19,25-29H,18,20-21H2,1-2H3/t25-,26+,27-,28+,29+/m0/s1. The summed E-state index contributed by atoms with van der Waals surface area (Å²) in [6, 6.07) is 27.5. The van der Waals surface area contributed by atoms with E-state index in [-0.39, 0.29) is 19.8 Å². The number of amides is 1. The van der Waals surface area contributed by atoms with E-state index in [1.165, 1.54) is 4.90 Å². The molecule has 2 heterocycles. The van der Waals surface area contributed by atoms with Crippen LogP contribution in [0, 0.1) is 0 Å². The molecule has 204 valence electrons. The number of fused-ring (bicyclic) bond motifs is 1. The van der Waals surface area contributed by atoms with Crippen molar-refractivity contribution in [1.82, 2.24) is 4.90 Å². The van der Waals surface area contributed by atoms with Crippen molar-refractivity contribution in [2.45, 2.75) is 70.0 Å². The summed E-state index contributed by atoms with van der Waals surface area (Å²) in [7, 11) is 0. The van der Waals surface area contributed by atoms with E-state index in [1.807, 2.05) is 91.0 Å². The van der Waals surface area contributed by atoms with E-state index in [9.17, 15) is 9.59 Å². The second-order valence-corrected chi connectivity index (χ2v) is 10.1. The first kappa shape index (κ1) is 27.0. The Kier molecular flexibility index (Phi) is 8.38. The van der Waals surface area contributed by atoms with Crippen LogP contribution < -0.4 is 0 Å². The maximum Gasteiger partial charge on any atom is 0.411 e. The molecule has 0 saturated carbocycles. The Labute approximate surface area is 228 Å². The van der Waals surface area contributed by atoms with Crippen LogP contribution in [-0.4, -0.2) is 53.7 Å². The molecule has 3 aromatic carbocycles. The largest absolute Gasteiger partial charge is 0.445 e. The zero-order valence-corrected chi connectivity index (χ0v) is 22.1. The van der Waals surface area contributed by atoms with Gasteiger partial charge in [0.2, 0.25) is 0 Å². The van der Waals surface area contributed by atoms with Crippen LogP contribution in [0.4, 0.5) is 4.79 Å². The number of rotatable bonds is 10. The lowest BCUT2D eigenvalue weighted by atomic mass is 10.0. The molecular weight excluding hydrogens is 498 g/mol. The number of aldehydes is 1. The van der Waals surface area contributed by atoms with E-state index in [0.717, 1.165) is 16.7 Å².